The Balaban J connectivity index is 1.84. The minimum atomic E-state index is -3.43. The number of nitrogens with one attached hydrogen (secondary N) is 2. The number of sulfonamides is 1. The molecule has 0 aliphatic rings. The van der Waals surface area contributed by atoms with Crippen molar-refractivity contribution >= 4 is 38.9 Å². The number of aromatic nitrogens is 1. The van der Waals surface area contributed by atoms with Crippen LogP contribution in [0.2, 0.25) is 5.02 Å². The molecule has 144 valence electrons. The number of carbonyl (C=O) groups excluding carboxylic acids is 1. The van der Waals surface area contributed by atoms with Crippen LogP contribution in [0, 0.1) is 6.92 Å². The van der Waals surface area contributed by atoms with Crippen LogP contribution in [0.1, 0.15) is 15.9 Å². The molecule has 0 aliphatic heterocycles. The number of hydrogen-bond acceptors (Lipinski definition) is 4. The predicted octanol–water partition coefficient (Wildman–Crippen LogP) is 4.33. The summed E-state index contributed by atoms with van der Waals surface area (Å²) in [7, 11) is -3.43. The molecular formula is C20H18ClN3O3S. The van der Waals surface area contributed by atoms with Gasteiger partial charge in [-0.1, -0.05) is 23.7 Å². The van der Waals surface area contributed by atoms with Crippen molar-refractivity contribution in [2.75, 3.05) is 16.3 Å². The molecule has 3 rings (SSSR count). The summed E-state index contributed by atoms with van der Waals surface area (Å²) < 4.78 is 24.9. The second-order valence-corrected chi connectivity index (χ2v) is 8.42. The van der Waals surface area contributed by atoms with Crippen molar-refractivity contribution in [2.45, 2.75) is 6.92 Å². The summed E-state index contributed by atoms with van der Waals surface area (Å²) in [5.74, 6) is -0.397. The SMILES string of the molecule is Cc1ccc(NC(=O)c2ccc(NS(C)(=O)=O)cc2Cl)cc1-c1ccccn1. The Morgan fingerprint density at radius 2 is 1.79 bits per heavy atom. The minimum Gasteiger partial charge on any atom is -0.322 e. The normalized spacial score (nSPS) is 11.1. The van der Waals surface area contributed by atoms with Crippen molar-refractivity contribution in [3.05, 3.63) is 76.9 Å². The van der Waals surface area contributed by atoms with E-state index < -0.39 is 15.9 Å². The zero-order valence-corrected chi connectivity index (χ0v) is 16.8. The van der Waals surface area contributed by atoms with E-state index in [9.17, 15) is 13.2 Å². The Hall–Kier alpha value is -2.90. The van der Waals surface area contributed by atoms with Gasteiger partial charge in [0, 0.05) is 23.1 Å². The maximum Gasteiger partial charge on any atom is 0.257 e. The Kier molecular flexibility index (Phi) is 5.67. The molecule has 2 N–H and O–H groups in total. The molecule has 0 fully saturated rings. The molecule has 3 aromatic rings. The maximum absolute atomic E-state index is 12.6. The first kappa shape index (κ1) is 19.9. The minimum absolute atomic E-state index is 0.142. The molecule has 2 aromatic carbocycles. The molecule has 0 atom stereocenters. The maximum atomic E-state index is 12.6. The van der Waals surface area contributed by atoms with Gasteiger partial charge >= 0.3 is 0 Å². The fourth-order valence-electron chi connectivity index (χ4n) is 2.67. The zero-order valence-electron chi connectivity index (χ0n) is 15.2. The first-order valence-electron chi connectivity index (χ1n) is 8.34. The largest absolute Gasteiger partial charge is 0.322 e. The Bertz CT molecular complexity index is 1130. The van der Waals surface area contributed by atoms with Crippen molar-refractivity contribution in [3.63, 3.8) is 0 Å². The topological polar surface area (TPSA) is 88.2 Å². The van der Waals surface area contributed by atoms with Crippen molar-refractivity contribution in [2.24, 2.45) is 0 Å². The number of pyridine rings is 1. The number of hydrogen-bond donors (Lipinski definition) is 2. The van der Waals surface area contributed by atoms with Gasteiger partial charge in [-0.05, 0) is 55.0 Å². The molecule has 1 aromatic heterocycles. The van der Waals surface area contributed by atoms with E-state index in [1.165, 1.54) is 18.2 Å². The van der Waals surface area contributed by atoms with Crippen LogP contribution in [-0.2, 0) is 10.0 Å². The molecule has 1 amide bonds. The Morgan fingerprint density at radius 1 is 1.04 bits per heavy atom. The molecule has 0 saturated carbocycles. The number of benzene rings is 2. The van der Waals surface area contributed by atoms with Crippen LogP contribution in [0.4, 0.5) is 11.4 Å². The van der Waals surface area contributed by atoms with E-state index in [0.29, 0.717) is 5.69 Å². The van der Waals surface area contributed by atoms with E-state index in [-0.39, 0.29) is 16.3 Å². The van der Waals surface area contributed by atoms with Crippen molar-refractivity contribution in [3.8, 4) is 11.3 Å². The Labute approximate surface area is 168 Å². The van der Waals surface area contributed by atoms with Gasteiger partial charge in [-0.2, -0.15) is 0 Å². The summed E-state index contributed by atoms with van der Waals surface area (Å²) in [5, 5.41) is 2.96. The molecule has 6 nitrogen and oxygen atoms in total. The summed E-state index contributed by atoms with van der Waals surface area (Å²) in [6, 6.07) is 15.5. The monoisotopic (exact) mass is 415 g/mol. The third-order valence-corrected chi connectivity index (χ3v) is 4.87. The lowest BCUT2D eigenvalue weighted by atomic mass is 10.0. The summed E-state index contributed by atoms with van der Waals surface area (Å²) in [6.07, 6.45) is 2.75. The first-order valence-corrected chi connectivity index (χ1v) is 10.6. The van der Waals surface area contributed by atoms with Crippen LogP contribution in [-0.4, -0.2) is 25.6 Å². The van der Waals surface area contributed by atoms with E-state index in [2.05, 4.69) is 15.0 Å². The smallest absolute Gasteiger partial charge is 0.257 e. The van der Waals surface area contributed by atoms with Crippen molar-refractivity contribution in [1.82, 2.24) is 4.98 Å². The lowest BCUT2D eigenvalue weighted by molar-refractivity contribution is 0.102. The van der Waals surface area contributed by atoms with Gasteiger partial charge < -0.3 is 5.32 Å². The highest BCUT2D eigenvalue weighted by Gasteiger charge is 2.13. The number of aryl methyl sites for hydroxylation is 1. The zero-order chi connectivity index (χ0) is 20.3. The average molecular weight is 416 g/mol. The van der Waals surface area contributed by atoms with E-state index in [4.69, 9.17) is 11.6 Å². The molecule has 0 saturated heterocycles. The predicted molar refractivity (Wildman–Crippen MR) is 112 cm³/mol. The van der Waals surface area contributed by atoms with Gasteiger partial charge in [-0.3, -0.25) is 14.5 Å². The van der Waals surface area contributed by atoms with Gasteiger partial charge in [-0.25, -0.2) is 8.42 Å². The number of nitrogens with zero attached hydrogens (tertiary/aromatic N) is 1. The molecular weight excluding hydrogens is 398 g/mol. The van der Waals surface area contributed by atoms with Gasteiger partial charge in [0.1, 0.15) is 0 Å². The second kappa shape index (κ2) is 8.00. The lowest BCUT2D eigenvalue weighted by Gasteiger charge is -2.11. The number of amides is 1. The van der Waals surface area contributed by atoms with Crippen LogP contribution in [0.3, 0.4) is 0 Å². The summed E-state index contributed by atoms with van der Waals surface area (Å²) >= 11 is 6.17. The standard InChI is InChI=1S/C20H18ClN3O3S/c1-13-6-7-14(11-17(13)19-5-3-4-10-22-19)23-20(25)16-9-8-15(12-18(16)21)24-28(2,26)27/h3-12,24H,1-2H3,(H,23,25). The third kappa shape index (κ3) is 4.88. The number of carbonyl (C=O) groups is 1. The number of rotatable bonds is 5. The molecule has 1 heterocycles. The molecule has 0 unspecified atom stereocenters. The second-order valence-electron chi connectivity index (χ2n) is 6.27. The van der Waals surface area contributed by atoms with E-state index in [1.807, 2.05) is 37.3 Å². The van der Waals surface area contributed by atoms with Crippen molar-refractivity contribution in [1.29, 1.82) is 0 Å². The molecule has 28 heavy (non-hydrogen) atoms. The number of halogens is 1. The lowest BCUT2D eigenvalue weighted by Crippen LogP contribution is -2.14. The highest BCUT2D eigenvalue weighted by atomic mass is 35.5. The van der Waals surface area contributed by atoms with E-state index in [1.54, 1.807) is 12.3 Å². The molecule has 0 bridgehead atoms. The van der Waals surface area contributed by atoms with Crippen LogP contribution in [0.15, 0.2) is 60.8 Å². The van der Waals surface area contributed by atoms with Crippen LogP contribution in [0.5, 0.6) is 0 Å². The van der Waals surface area contributed by atoms with Crippen LogP contribution >= 0.6 is 11.6 Å². The number of anilines is 2. The summed E-state index contributed by atoms with van der Waals surface area (Å²) in [4.78, 5) is 17.0. The quantitative estimate of drug-likeness (QED) is 0.649. The van der Waals surface area contributed by atoms with Crippen LogP contribution in [0.25, 0.3) is 11.3 Å². The highest BCUT2D eigenvalue weighted by Crippen LogP contribution is 2.26. The summed E-state index contributed by atoms with van der Waals surface area (Å²) in [6.45, 7) is 1.97. The fourth-order valence-corrected chi connectivity index (χ4v) is 3.49. The molecule has 0 radical (unpaired) electrons. The van der Waals surface area contributed by atoms with Gasteiger partial charge in [-0.15, -0.1) is 0 Å². The summed E-state index contributed by atoms with van der Waals surface area (Å²) in [5.41, 5.74) is 3.89. The van der Waals surface area contributed by atoms with Crippen LogP contribution < -0.4 is 10.0 Å². The van der Waals surface area contributed by atoms with E-state index in [0.717, 1.165) is 23.1 Å². The van der Waals surface area contributed by atoms with Gasteiger partial charge in [0.15, 0.2) is 0 Å². The molecule has 0 aliphatic carbocycles. The highest BCUT2D eigenvalue weighted by molar-refractivity contribution is 7.92. The van der Waals surface area contributed by atoms with Gasteiger partial charge in [0.25, 0.3) is 5.91 Å². The third-order valence-electron chi connectivity index (χ3n) is 3.95. The average Bonchev–Trinajstić information content (AvgIpc) is 2.62. The van der Waals surface area contributed by atoms with Crippen molar-refractivity contribution < 1.29 is 13.2 Å². The molecule has 8 heteroatoms. The first-order chi connectivity index (χ1) is 13.2. The van der Waals surface area contributed by atoms with E-state index >= 15 is 0 Å². The Morgan fingerprint density at radius 3 is 2.43 bits per heavy atom. The fraction of sp³-hybridized carbons (Fsp3) is 0.100. The van der Waals surface area contributed by atoms with Gasteiger partial charge in [0.05, 0.1) is 22.5 Å². The molecule has 0 spiro atoms. The van der Waals surface area contributed by atoms with Gasteiger partial charge in [0.2, 0.25) is 10.0 Å².